The molecule has 1 aromatic carbocycles. The molecule has 1 N–H and O–H groups in total. The molecule has 3 nitrogen and oxygen atoms in total. The Bertz CT molecular complexity index is 581. The van der Waals surface area contributed by atoms with Crippen molar-refractivity contribution >= 4 is 10.9 Å². The van der Waals surface area contributed by atoms with E-state index in [9.17, 15) is 0 Å². The van der Waals surface area contributed by atoms with Crippen molar-refractivity contribution in [3.05, 3.63) is 35.5 Å². The van der Waals surface area contributed by atoms with Crippen LogP contribution in [0.1, 0.15) is 37.4 Å². The molecule has 2 aromatic rings. The van der Waals surface area contributed by atoms with Crippen molar-refractivity contribution in [3.8, 4) is 5.75 Å². The number of rotatable bonds is 8. The quantitative estimate of drug-likeness (QED) is 0.748. The highest BCUT2D eigenvalue weighted by Crippen LogP contribution is 2.23. The molecule has 0 saturated carbocycles. The zero-order chi connectivity index (χ0) is 15.1. The van der Waals surface area contributed by atoms with Crippen LogP contribution in [0.3, 0.4) is 0 Å². The summed E-state index contributed by atoms with van der Waals surface area (Å²) < 4.78 is 5.79. The van der Waals surface area contributed by atoms with Crippen molar-refractivity contribution in [2.45, 2.75) is 39.5 Å². The predicted molar refractivity (Wildman–Crippen MR) is 89.1 cm³/mol. The Labute approximate surface area is 127 Å². The van der Waals surface area contributed by atoms with Gasteiger partial charge in [-0.25, -0.2) is 0 Å². The van der Waals surface area contributed by atoms with E-state index in [1.165, 1.54) is 10.9 Å². The van der Waals surface area contributed by atoms with Crippen molar-refractivity contribution in [2.75, 3.05) is 20.2 Å². The van der Waals surface area contributed by atoms with E-state index in [4.69, 9.17) is 9.72 Å². The molecule has 0 bridgehead atoms. The van der Waals surface area contributed by atoms with Gasteiger partial charge in [0.15, 0.2) is 0 Å². The summed E-state index contributed by atoms with van der Waals surface area (Å²) in [6, 6.07) is 8.45. The van der Waals surface area contributed by atoms with Crippen LogP contribution in [0.4, 0.5) is 0 Å². The lowest BCUT2D eigenvalue weighted by Crippen LogP contribution is -2.09. The van der Waals surface area contributed by atoms with Gasteiger partial charge in [0.1, 0.15) is 5.75 Å². The first-order valence-corrected chi connectivity index (χ1v) is 7.92. The Morgan fingerprint density at radius 3 is 2.81 bits per heavy atom. The predicted octanol–water partition coefficient (Wildman–Crippen LogP) is 3.87. The van der Waals surface area contributed by atoms with Gasteiger partial charge < -0.3 is 10.1 Å². The third kappa shape index (κ3) is 4.43. The molecular weight excluding hydrogens is 260 g/mol. The Hall–Kier alpha value is -1.61. The third-order valence-corrected chi connectivity index (χ3v) is 3.72. The fourth-order valence-electron chi connectivity index (χ4n) is 2.43. The summed E-state index contributed by atoms with van der Waals surface area (Å²) in [4.78, 5) is 4.72. The summed E-state index contributed by atoms with van der Waals surface area (Å²) in [6.07, 6.45) is 4.46. The number of ether oxygens (including phenoxy) is 1. The summed E-state index contributed by atoms with van der Waals surface area (Å²) in [5.41, 5.74) is 3.52. The molecule has 0 aliphatic heterocycles. The Kier molecular flexibility index (Phi) is 6.00. The number of pyridine rings is 1. The first-order chi connectivity index (χ1) is 10.2. The lowest BCUT2D eigenvalue weighted by molar-refractivity contribution is 0.310. The lowest BCUT2D eigenvalue weighted by atomic mass is 10.0. The van der Waals surface area contributed by atoms with E-state index in [0.717, 1.165) is 55.8 Å². The molecule has 2 rings (SSSR count). The smallest absolute Gasteiger partial charge is 0.120 e. The molecular formula is C18H26N2O. The van der Waals surface area contributed by atoms with Gasteiger partial charge in [-0.15, -0.1) is 0 Å². The fourth-order valence-corrected chi connectivity index (χ4v) is 2.43. The third-order valence-electron chi connectivity index (χ3n) is 3.72. The molecule has 21 heavy (non-hydrogen) atoms. The first kappa shape index (κ1) is 15.8. The monoisotopic (exact) mass is 286 g/mol. The number of benzene rings is 1. The summed E-state index contributed by atoms with van der Waals surface area (Å²) >= 11 is 0. The number of aromatic nitrogens is 1. The van der Waals surface area contributed by atoms with E-state index >= 15 is 0 Å². The van der Waals surface area contributed by atoms with Gasteiger partial charge in [-0.05, 0) is 69.6 Å². The maximum Gasteiger partial charge on any atom is 0.120 e. The highest BCUT2D eigenvalue weighted by atomic mass is 16.5. The molecule has 1 heterocycles. The molecule has 0 amide bonds. The fraction of sp³-hybridized carbons (Fsp3) is 0.500. The maximum absolute atomic E-state index is 5.79. The van der Waals surface area contributed by atoms with Gasteiger partial charge in [0, 0.05) is 11.1 Å². The number of unbranched alkanes of at least 4 members (excludes halogenated alkanes) is 1. The van der Waals surface area contributed by atoms with Gasteiger partial charge in [0.05, 0.1) is 12.1 Å². The molecule has 0 fully saturated rings. The molecule has 0 radical (unpaired) electrons. The van der Waals surface area contributed by atoms with Crippen LogP contribution in [0, 0.1) is 6.92 Å². The molecule has 0 aliphatic carbocycles. The first-order valence-electron chi connectivity index (χ1n) is 7.92. The largest absolute Gasteiger partial charge is 0.494 e. The second-order valence-electron chi connectivity index (χ2n) is 5.50. The SMILES string of the molecule is CCCCOc1ccc2nc(C)c(CCCNC)cc2c1. The average Bonchev–Trinajstić information content (AvgIpc) is 2.48. The highest BCUT2D eigenvalue weighted by molar-refractivity contribution is 5.81. The molecule has 0 spiro atoms. The van der Waals surface area contributed by atoms with E-state index in [1.807, 2.05) is 13.1 Å². The van der Waals surface area contributed by atoms with E-state index in [0.29, 0.717) is 0 Å². The molecule has 0 unspecified atom stereocenters. The number of fused-ring (bicyclic) bond motifs is 1. The zero-order valence-corrected chi connectivity index (χ0v) is 13.4. The van der Waals surface area contributed by atoms with Crippen molar-refractivity contribution in [2.24, 2.45) is 0 Å². The van der Waals surface area contributed by atoms with Crippen molar-refractivity contribution in [3.63, 3.8) is 0 Å². The van der Waals surface area contributed by atoms with Gasteiger partial charge in [-0.1, -0.05) is 13.3 Å². The number of hydrogen-bond acceptors (Lipinski definition) is 3. The maximum atomic E-state index is 5.79. The second kappa shape index (κ2) is 7.99. The number of aryl methyl sites for hydroxylation is 2. The van der Waals surface area contributed by atoms with E-state index < -0.39 is 0 Å². The highest BCUT2D eigenvalue weighted by Gasteiger charge is 2.05. The van der Waals surface area contributed by atoms with E-state index in [-0.39, 0.29) is 0 Å². The summed E-state index contributed by atoms with van der Waals surface area (Å²) in [5, 5.41) is 4.37. The number of nitrogens with zero attached hydrogens (tertiary/aromatic N) is 1. The van der Waals surface area contributed by atoms with Crippen LogP contribution in [-0.2, 0) is 6.42 Å². The lowest BCUT2D eigenvalue weighted by Gasteiger charge is -2.10. The molecule has 114 valence electrons. The van der Waals surface area contributed by atoms with Crippen molar-refractivity contribution in [1.29, 1.82) is 0 Å². The van der Waals surface area contributed by atoms with Gasteiger partial charge >= 0.3 is 0 Å². The van der Waals surface area contributed by atoms with Crippen LogP contribution < -0.4 is 10.1 Å². The Balaban J connectivity index is 2.17. The van der Waals surface area contributed by atoms with Gasteiger partial charge in [0.2, 0.25) is 0 Å². The van der Waals surface area contributed by atoms with E-state index in [2.05, 4.69) is 37.4 Å². The second-order valence-corrected chi connectivity index (χ2v) is 5.50. The number of nitrogens with one attached hydrogen (secondary N) is 1. The Morgan fingerprint density at radius 1 is 1.19 bits per heavy atom. The molecule has 1 aromatic heterocycles. The number of hydrogen-bond donors (Lipinski definition) is 1. The standard InChI is InChI=1S/C18H26N2O/c1-4-5-11-21-17-8-9-18-16(13-17)12-15(14(2)20-18)7-6-10-19-3/h8-9,12-13,19H,4-7,10-11H2,1-3H3. The van der Waals surface area contributed by atoms with Gasteiger partial charge in [0.25, 0.3) is 0 Å². The summed E-state index contributed by atoms with van der Waals surface area (Å²) in [5.74, 6) is 0.947. The topological polar surface area (TPSA) is 34.1 Å². The minimum absolute atomic E-state index is 0.788. The van der Waals surface area contributed by atoms with Crippen LogP contribution in [-0.4, -0.2) is 25.2 Å². The molecule has 0 aliphatic rings. The van der Waals surface area contributed by atoms with Crippen LogP contribution in [0.25, 0.3) is 10.9 Å². The van der Waals surface area contributed by atoms with Gasteiger partial charge in [-0.3, -0.25) is 4.98 Å². The van der Waals surface area contributed by atoms with Crippen molar-refractivity contribution < 1.29 is 4.74 Å². The van der Waals surface area contributed by atoms with Gasteiger partial charge in [-0.2, -0.15) is 0 Å². The van der Waals surface area contributed by atoms with Crippen LogP contribution >= 0.6 is 0 Å². The van der Waals surface area contributed by atoms with Crippen molar-refractivity contribution in [1.82, 2.24) is 10.3 Å². The minimum atomic E-state index is 0.788. The Morgan fingerprint density at radius 2 is 2.05 bits per heavy atom. The zero-order valence-electron chi connectivity index (χ0n) is 13.4. The molecule has 3 heteroatoms. The molecule has 0 atom stereocenters. The minimum Gasteiger partial charge on any atom is -0.494 e. The molecule has 0 saturated heterocycles. The van der Waals surface area contributed by atoms with Crippen LogP contribution in [0.2, 0.25) is 0 Å². The summed E-state index contributed by atoms with van der Waals surface area (Å²) in [6.45, 7) is 6.10. The van der Waals surface area contributed by atoms with E-state index in [1.54, 1.807) is 0 Å². The van der Waals surface area contributed by atoms with Crippen LogP contribution in [0.5, 0.6) is 5.75 Å². The summed E-state index contributed by atoms with van der Waals surface area (Å²) in [7, 11) is 1.99. The average molecular weight is 286 g/mol. The van der Waals surface area contributed by atoms with Crippen LogP contribution in [0.15, 0.2) is 24.3 Å². The normalized spacial score (nSPS) is 11.0.